The molecule has 3 aromatic rings. The van der Waals surface area contributed by atoms with E-state index in [1.807, 2.05) is 60.7 Å². The van der Waals surface area contributed by atoms with E-state index in [0.29, 0.717) is 43.1 Å². The summed E-state index contributed by atoms with van der Waals surface area (Å²) < 4.78 is 23.9. The Morgan fingerprint density at radius 2 is 1.82 bits per heavy atom. The number of amides is 1. The van der Waals surface area contributed by atoms with Gasteiger partial charge >= 0.3 is 0 Å². The van der Waals surface area contributed by atoms with Crippen LogP contribution >= 0.6 is 11.6 Å². The van der Waals surface area contributed by atoms with Crippen molar-refractivity contribution in [2.24, 2.45) is 11.8 Å². The largest absolute Gasteiger partial charge is 0.486 e. The topological polar surface area (TPSA) is 66.0 Å². The van der Waals surface area contributed by atoms with Crippen molar-refractivity contribution in [3.8, 4) is 17.2 Å². The molecule has 2 aliphatic rings. The lowest BCUT2D eigenvalue weighted by molar-refractivity contribution is -0.123. The van der Waals surface area contributed by atoms with Crippen molar-refractivity contribution in [1.82, 2.24) is 5.32 Å². The van der Waals surface area contributed by atoms with Crippen LogP contribution in [0.5, 0.6) is 17.2 Å². The van der Waals surface area contributed by atoms with Gasteiger partial charge in [-0.2, -0.15) is 0 Å². The fourth-order valence-corrected chi connectivity index (χ4v) is 5.51. The molecule has 2 heterocycles. The zero-order chi connectivity index (χ0) is 26.5. The minimum atomic E-state index is -0.247. The van der Waals surface area contributed by atoms with Crippen LogP contribution in [0.4, 0.5) is 0 Å². The maximum atomic E-state index is 12.5. The van der Waals surface area contributed by atoms with Gasteiger partial charge in [-0.15, -0.1) is 0 Å². The summed E-state index contributed by atoms with van der Waals surface area (Å²) in [6, 6.07) is 23.4. The van der Waals surface area contributed by atoms with Crippen molar-refractivity contribution in [1.29, 1.82) is 0 Å². The Bertz CT molecular complexity index is 1250. The molecule has 7 heteroatoms. The van der Waals surface area contributed by atoms with Gasteiger partial charge in [0, 0.05) is 10.9 Å². The molecule has 1 fully saturated rings. The van der Waals surface area contributed by atoms with Gasteiger partial charge in [-0.05, 0) is 59.7 Å². The van der Waals surface area contributed by atoms with E-state index in [2.05, 4.69) is 31.3 Å². The Labute approximate surface area is 229 Å². The third-order valence-electron chi connectivity index (χ3n) is 7.27. The molecular weight excluding hydrogens is 502 g/mol. The summed E-state index contributed by atoms with van der Waals surface area (Å²) in [5, 5.41) is 3.67. The highest BCUT2D eigenvalue weighted by atomic mass is 35.5. The summed E-state index contributed by atoms with van der Waals surface area (Å²) in [6.07, 6.45) is 0.706. The minimum Gasteiger partial charge on any atom is -0.486 e. The summed E-state index contributed by atoms with van der Waals surface area (Å²) in [6.45, 7) is 5.73. The predicted molar refractivity (Wildman–Crippen MR) is 147 cm³/mol. The Kier molecular flexibility index (Phi) is 8.40. The number of para-hydroxylation sites is 2. The molecule has 3 aromatic carbocycles. The minimum absolute atomic E-state index is 0.0440. The number of hydrogen-bond donors (Lipinski definition) is 1. The highest BCUT2D eigenvalue weighted by molar-refractivity contribution is 6.31. The van der Waals surface area contributed by atoms with Crippen molar-refractivity contribution in [3.63, 3.8) is 0 Å². The van der Waals surface area contributed by atoms with Crippen LogP contribution in [-0.4, -0.2) is 38.4 Å². The summed E-state index contributed by atoms with van der Waals surface area (Å²) in [4.78, 5) is 12.5. The number of carbonyl (C=O) groups is 1. The van der Waals surface area contributed by atoms with Crippen molar-refractivity contribution in [2.45, 2.75) is 38.4 Å². The van der Waals surface area contributed by atoms with Crippen LogP contribution in [0.15, 0.2) is 72.8 Å². The maximum Gasteiger partial charge on any atom is 0.258 e. The van der Waals surface area contributed by atoms with Gasteiger partial charge in [-0.25, -0.2) is 0 Å². The Morgan fingerprint density at radius 1 is 1.03 bits per heavy atom. The molecule has 0 aliphatic carbocycles. The fourth-order valence-electron chi connectivity index (χ4n) is 5.22. The van der Waals surface area contributed by atoms with Gasteiger partial charge in [-0.3, -0.25) is 4.79 Å². The summed E-state index contributed by atoms with van der Waals surface area (Å²) in [5.41, 5.74) is 2.21. The van der Waals surface area contributed by atoms with Crippen molar-refractivity contribution in [2.75, 3.05) is 26.4 Å². The zero-order valence-corrected chi connectivity index (χ0v) is 22.5. The average molecular weight is 536 g/mol. The molecule has 5 rings (SSSR count). The summed E-state index contributed by atoms with van der Waals surface area (Å²) in [7, 11) is 0. The van der Waals surface area contributed by atoms with E-state index in [4.69, 9.17) is 30.5 Å². The second-order valence-electron chi connectivity index (χ2n) is 10.3. The summed E-state index contributed by atoms with van der Waals surface area (Å²) in [5.74, 6) is 2.86. The van der Waals surface area contributed by atoms with Crippen LogP contribution in [0.1, 0.15) is 43.4 Å². The molecule has 1 saturated heterocycles. The molecule has 0 saturated carbocycles. The van der Waals surface area contributed by atoms with Crippen molar-refractivity contribution < 1.29 is 23.7 Å². The molecule has 0 spiro atoms. The second kappa shape index (κ2) is 12.1. The van der Waals surface area contributed by atoms with E-state index in [0.717, 1.165) is 28.3 Å². The van der Waals surface area contributed by atoms with Gasteiger partial charge in [0.15, 0.2) is 18.1 Å². The van der Waals surface area contributed by atoms with E-state index in [-0.39, 0.29) is 30.6 Å². The number of halogens is 1. The number of benzene rings is 3. The Hall–Kier alpha value is -3.22. The van der Waals surface area contributed by atoms with Crippen LogP contribution in [0.2, 0.25) is 5.02 Å². The monoisotopic (exact) mass is 535 g/mol. The third kappa shape index (κ3) is 6.25. The smallest absolute Gasteiger partial charge is 0.258 e. The van der Waals surface area contributed by atoms with Crippen molar-refractivity contribution >= 4 is 17.5 Å². The fraction of sp³-hybridized carbons (Fsp3) is 0.387. The molecule has 200 valence electrons. The highest BCUT2D eigenvalue weighted by Crippen LogP contribution is 2.45. The molecule has 1 N–H and O–H groups in total. The first-order valence-electron chi connectivity index (χ1n) is 13.2. The first kappa shape index (κ1) is 26.4. The van der Waals surface area contributed by atoms with Crippen LogP contribution in [-0.2, 0) is 9.53 Å². The van der Waals surface area contributed by atoms with E-state index in [1.54, 1.807) is 0 Å². The van der Waals surface area contributed by atoms with E-state index in [9.17, 15) is 4.79 Å². The average Bonchev–Trinajstić information content (AvgIpc) is 2.95. The van der Waals surface area contributed by atoms with Crippen LogP contribution in [0.3, 0.4) is 0 Å². The maximum absolute atomic E-state index is 12.5. The predicted octanol–water partition coefficient (Wildman–Crippen LogP) is 6.19. The number of nitrogens with one attached hydrogen (secondary N) is 1. The number of ether oxygens (including phenoxy) is 4. The normalized spacial score (nSPS) is 22.6. The van der Waals surface area contributed by atoms with Gasteiger partial charge in [0.25, 0.3) is 5.91 Å². The number of rotatable bonds is 8. The van der Waals surface area contributed by atoms with Gasteiger partial charge in [0.05, 0.1) is 19.3 Å². The second-order valence-corrected chi connectivity index (χ2v) is 10.7. The number of fused-ring (bicyclic) bond motifs is 1. The molecule has 4 atom stereocenters. The Morgan fingerprint density at radius 3 is 2.63 bits per heavy atom. The molecule has 2 aliphatic heterocycles. The zero-order valence-electron chi connectivity index (χ0n) is 21.8. The highest BCUT2D eigenvalue weighted by Gasteiger charge is 2.35. The van der Waals surface area contributed by atoms with Crippen LogP contribution in [0, 0.1) is 11.8 Å². The molecule has 6 nitrogen and oxygen atoms in total. The molecule has 1 amide bonds. The molecular formula is C31H34ClNO5. The lowest BCUT2D eigenvalue weighted by Crippen LogP contribution is -2.42. The standard InChI is InChI=1S/C31H34ClNO5/c1-20(2)26-15-22(25-10-3-4-11-27(25)32)17-37-31(26)21-8-7-9-23(14-21)35-19-30(34)33-16-24-18-36-28-12-5-6-13-29(28)38-24/h3-14,20,22,24,26,31H,15-19H2,1-2H3,(H,33,34)/t22-,24?,26-,31-/m0/s1. The molecule has 1 unspecified atom stereocenters. The van der Waals surface area contributed by atoms with E-state index >= 15 is 0 Å². The lowest BCUT2D eigenvalue weighted by atomic mass is 9.76. The van der Waals surface area contributed by atoms with E-state index < -0.39 is 0 Å². The molecule has 38 heavy (non-hydrogen) atoms. The molecule has 0 aromatic heterocycles. The number of hydrogen-bond acceptors (Lipinski definition) is 5. The third-order valence-corrected chi connectivity index (χ3v) is 7.62. The SMILES string of the molecule is CC(C)[C@@H]1C[C@H](c2ccccc2Cl)CO[C@H]1c1cccc(OCC(=O)NCC2COc3ccccc3O2)c1. The van der Waals surface area contributed by atoms with Crippen LogP contribution in [0.25, 0.3) is 0 Å². The first-order valence-corrected chi connectivity index (χ1v) is 13.6. The first-order chi connectivity index (χ1) is 18.5. The number of carbonyl (C=O) groups excluding carboxylic acids is 1. The van der Waals surface area contributed by atoms with Crippen LogP contribution < -0.4 is 19.5 Å². The van der Waals surface area contributed by atoms with Gasteiger partial charge < -0.3 is 24.3 Å². The van der Waals surface area contributed by atoms with Gasteiger partial charge in [0.2, 0.25) is 0 Å². The molecule has 0 bridgehead atoms. The summed E-state index contributed by atoms with van der Waals surface area (Å²) >= 11 is 6.49. The lowest BCUT2D eigenvalue weighted by Gasteiger charge is -2.39. The van der Waals surface area contributed by atoms with Gasteiger partial charge in [0.1, 0.15) is 18.5 Å². The quantitative estimate of drug-likeness (QED) is 0.372. The molecule has 0 radical (unpaired) electrons. The van der Waals surface area contributed by atoms with Gasteiger partial charge in [-0.1, -0.05) is 67.9 Å². The Balaban J connectivity index is 1.15. The van der Waals surface area contributed by atoms with E-state index in [1.165, 1.54) is 0 Å². The van der Waals surface area contributed by atoms with Crippen molar-refractivity contribution in [3.05, 3.63) is 88.9 Å².